The van der Waals surface area contributed by atoms with Crippen molar-refractivity contribution in [2.45, 2.75) is 39.8 Å². The van der Waals surface area contributed by atoms with Gasteiger partial charge in [-0.3, -0.25) is 9.59 Å². The Kier molecular flexibility index (Phi) is 4.93. The molecule has 3 heterocycles. The SMILES string of the molecule is CC(=O)N1CCN(c2cc(-c3cc(C)c4c(N)ncnn34)ccc2CO)C(=O)C1(C)C. The molecule has 1 saturated heterocycles. The minimum absolute atomic E-state index is 0.137. The van der Waals surface area contributed by atoms with Crippen LogP contribution in [-0.4, -0.2) is 55.0 Å². The van der Waals surface area contributed by atoms with Gasteiger partial charge in [-0.1, -0.05) is 12.1 Å². The molecule has 3 aromatic rings. The molecule has 9 heteroatoms. The van der Waals surface area contributed by atoms with Gasteiger partial charge in [0.25, 0.3) is 5.91 Å². The first-order valence-corrected chi connectivity index (χ1v) is 10.1. The van der Waals surface area contributed by atoms with Gasteiger partial charge < -0.3 is 20.6 Å². The normalized spacial score (nSPS) is 16.2. The van der Waals surface area contributed by atoms with Crippen molar-refractivity contribution in [2.75, 3.05) is 23.7 Å². The molecule has 1 aliphatic heterocycles. The van der Waals surface area contributed by atoms with Crippen LogP contribution >= 0.6 is 0 Å². The fraction of sp³-hybridized carbons (Fsp3) is 0.364. The Morgan fingerprint density at radius 1 is 1.26 bits per heavy atom. The second-order valence-electron chi connectivity index (χ2n) is 8.31. The van der Waals surface area contributed by atoms with Gasteiger partial charge in [0.05, 0.1) is 12.3 Å². The number of aryl methyl sites for hydroxylation is 1. The summed E-state index contributed by atoms with van der Waals surface area (Å²) in [5.41, 5.74) is 9.62. The summed E-state index contributed by atoms with van der Waals surface area (Å²) in [4.78, 5) is 32.7. The van der Waals surface area contributed by atoms with E-state index in [2.05, 4.69) is 10.1 Å². The Morgan fingerprint density at radius 2 is 2.00 bits per heavy atom. The van der Waals surface area contributed by atoms with Crippen LogP contribution in [0.2, 0.25) is 0 Å². The molecule has 3 N–H and O–H groups in total. The Labute approximate surface area is 180 Å². The summed E-state index contributed by atoms with van der Waals surface area (Å²) in [5.74, 6) is 0.0633. The number of nitrogens with two attached hydrogens (primary N) is 1. The van der Waals surface area contributed by atoms with Crippen LogP contribution in [0.3, 0.4) is 0 Å². The third kappa shape index (κ3) is 3.21. The van der Waals surface area contributed by atoms with Crippen molar-refractivity contribution < 1.29 is 14.7 Å². The first-order chi connectivity index (χ1) is 14.7. The highest BCUT2D eigenvalue weighted by molar-refractivity contribution is 6.03. The number of piperazine rings is 1. The van der Waals surface area contributed by atoms with Crippen molar-refractivity contribution in [1.29, 1.82) is 0 Å². The van der Waals surface area contributed by atoms with E-state index in [0.717, 1.165) is 22.3 Å². The van der Waals surface area contributed by atoms with Crippen LogP contribution in [0.4, 0.5) is 11.5 Å². The quantitative estimate of drug-likeness (QED) is 0.664. The minimum atomic E-state index is -0.979. The molecular formula is C22H26N6O3. The molecule has 1 aromatic carbocycles. The van der Waals surface area contributed by atoms with Crippen LogP contribution in [0, 0.1) is 6.92 Å². The highest BCUT2D eigenvalue weighted by Crippen LogP contribution is 2.34. The van der Waals surface area contributed by atoms with Crippen LogP contribution in [0.25, 0.3) is 16.8 Å². The molecule has 0 aliphatic carbocycles. The number of nitrogens with zero attached hydrogens (tertiary/aromatic N) is 5. The van der Waals surface area contributed by atoms with E-state index in [1.807, 2.05) is 31.2 Å². The summed E-state index contributed by atoms with van der Waals surface area (Å²) >= 11 is 0. The lowest BCUT2D eigenvalue weighted by Crippen LogP contribution is -2.64. The van der Waals surface area contributed by atoms with Crippen molar-refractivity contribution in [3.05, 3.63) is 41.7 Å². The monoisotopic (exact) mass is 422 g/mol. The lowest BCUT2D eigenvalue weighted by molar-refractivity contribution is -0.145. The molecule has 0 spiro atoms. The second-order valence-corrected chi connectivity index (χ2v) is 8.31. The zero-order valence-corrected chi connectivity index (χ0v) is 18.1. The van der Waals surface area contributed by atoms with Gasteiger partial charge in [-0.15, -0.1) is 0 Å². The number of carbonyl (C=O) groups is 2. The highest BCUT2D eigenvalue weighted by Gasteiger charge is 2.44. The van der Waals surface area contributed by atoms with Crippen molar-refractivity contribution in [3.8, 4) is 11.3 Å². The molecule has 162 valence electrons. The van der Waals surface area contributed by atoms with E-state index in [1.54, 1.807) is 28.2 Å². The molecule has 0 atom stereocenters. The van der Waals surface area contributed by atoms with Crippen molar-refractivity contribution in [3.63, 3.8) is 0 Å². The van der Waals surface area contributed by atoms with Gasteiger partial charge in [-0.2, -0.15) is 5.10 Å². The summed E-state index contributed by atoms with van der Waals surface area (Å²) in [7, 11) is 0. The Hall–Kier alpha value is -3.46. The molecule has 0 radical (unpaired) electrons. The standard InChI is InChI=1S/C22H26N6O3/c1-13-9-18(28-19(13)20(23)24-12-25-28)15-5-6-16(11-29)17(10-15)26-7-8-27(14(2)30)22(3,4)21(26)31/h5-6,9-10,12,29H,7-8,11H2,1-4H3,(H2,23,24,25). The molecule has 9 nitrogen and oxygen atoms in total. The van der Waals surface area contributed by atoms with E-state index in [1.165, 1.54) is 13.3 Å². The molecule has 2 amide bonds. The number of amides is 2. The van der Waals surface area contributed by atoms with Gasteiger partial charge in [0, 0.05) is 36.8 Å². The number of carbonyl (C=O) groups excluding carboxylic acids is 2. The fourth-order valence-electron chi connectivity index (χ4n) is 4.37. The average Bonchev–Trinajstić information content (AvgIpc) is 3.07. The number of benzene rings is 1. The number of aliphatic hydroxyl groups excluding tert-OH is 1. The van der Waals surface area contributed by atoms with E-state index in [9.17, 15) is 14.7 Å². The van der Waals surface area contributed by atoms with Crippen LogP contribution < -0.4 is 10.6 Å². The van der Waals surface area contributed by atoms with E-state index in [-0.39, 0.29) is 18.4 Å². The molecule has 1 fully saturated rings. The maximum Gasteiger partial charge on any atom is 0.252 e. The van der Waals surface area contributed by atoms with E-state index in [0.29, 0.717) is 30.2 Å². The molecular weight excluding hydrogens is 396 g/mol. The number of nitrogen functional groups attached to an aromatic ring is 1. The lowest BCUT2D eigenvalue weighted by Gasteiger charge is -2.45. The number of aliphatic hydroxyl groups is 1. The molecule has 0 bridgehead atoms. The van der Waals surface area contributed by atoms with Crippen LogP contribution in [0.1, 0.15) is 31.9 Å². The zero-order valence-electron chi connectivity index (χ0n) is 18.1. The number of hydrogen-bond acceptors (Lipinski definition) is 6. The van der Waals surface area contributed by atoms with E-state index >= 15 is 0 Å². The van der Waals surface area contributed by atoms with Gasteiger partial charge in [-0.05, 0) is 38.5 Å². The largest absolute Gasteiger partial charge is 0.392 e. The minimum Gasteiger partial charge on any atom is -0.392 e. The smallest absolute Gasteiger partial charge is 0.252 e. The van der Waals surface area contributed by atoms with Gasteiger partial charge in [0.1, 0.15) is 17.4 Å². The maximum atomic E-state index is 13.3. The Morgan fingerprint density at radius 3 is 2.68 bits per heavy atom. The average molecular weight is 422 g/mol. The predicted molar refractivity (Wildman–Crippen MR) is 117 cm³/mol. The third-order valence-corrected chi connectivity index (χ3v) is 5.99. The highest BCUT2D eigenvalue weighted by atomic mass is 16.3. The van der Waals surface area contributed by atoms with Crippen molar-refractivity contribution >= 4 is 28.8 Å². The summed E-state index contributed by atoms with van der Waals surface area (Å²) in [6.07, 6.45) is 1.40. The molecule has 0 unspecified atom stereocenters. The Bertz CT molecular complexity index is 1200. The number of rotatable bonds is 3. The summed E-state index contributed by atoms with van der Waals surface area (Å²) in [6, 6.07) is 7.54. The van der Waals surface area contributed by atoms with E-state index in [4.69, 9.17) is 5.73 Å². The van der Waals surface area contributed by atoms with Crippen LogP contribution in [0.5, 0.6) is 0 Å². The number of anilines is 2. The molecule has 4 rings (SSSR count). The maximum absolute atomic E-state index is 13.3. The number of hydrogen-bond donors (Lipinski definition) is 2. The van der Waals surface area contributed by atoms with Crippen LogP contribution in [0.15, 0.2) is 30.6 Å². The molecule has 2 aromatic heterocycles. The first kappa shape index (κ1) is 20.8. The lowest BCUT2D eigenvalue weighted by atomic mass is 9.95. The van der Waals surface area contributed by atoms with Crippen LogP contribution in [-0.2, 0) is 16.2 Å². The van der Waals surface area contributed by atoms with Gasteiger partial charge in [0.15, 0.2) is 5.82 Å². The molecule has 31 heavy (non-hydrogen) atoms. The summed E-state index contributed by atoms with van der Waals surface area (Å²) < 4.78 is 1.73. The Balaban J connectivity index is 1.83. The zero-order chi connectivity index (χ0) is 22.5. The number of aromatic nitrogens is 3. The summed E-state index contributed by atoms with van der Waals surface area (Å²) in [5, 5.41) is 14.3. The fourth-order valence-corrected chi connectivity index (χ4v) is 4.37. The van der Waals surface area contributed by atoms with Crippen molar-refractivity contribution in [2.24, 2.45) is 0 Å². The second kappa shape index (κ2) is 7.35. The van der Waals surface area contributed by atoms with Gasteiger partial charge in [0.2, 0.25) is 5.91 Å². The number of fused-ring (bicyclic) bond motifs is 1. The van der Waals surface area contributed by atoms with Gasteiger partial charge >= 0.3 is 0 Å². The van der Waals surface area contributed by atoms with Crippen molar-refractivity contribution in [1.82, 2.24) is 19.5 Å². The summed E-state index contributed by atoms with van der Waals surface area (Å²) in [6.45, 7) is 7.46. The predicted octanol–water partition coefficient (Wildman–Crippen LogP) is 1.75. The molecule has 0 saturated carbocycles. The topological polar surface area (TPSA) is 117 Å². The van der Waals surface area contributed by atoms with Gasteiger partial charge in [-0.25, -0.2) is 9.50 Å². The molecule has 1 aliphatic rings. The van der Waals surface area contributed by atoms with E-state index < -0.39 is 5.54 Å². The first-order valence-electron chi connectivity index (χ1n) is 10.1. The third-order valence-electron chi connectivity index (χ3n) is 5.99.